The lowest BCUT2D eigenvalue weighted by Gasteiger charge is -2.35. The third-order valence-corrected chi connectivity index (χ3v) is 5.31. The molecule has 1 N–H and O–H groups in total. The van der Waals surface area contributed by atoms with Gasteiger partial charge in [0.15, 0.2) is 11.5 Å². The summed E-state index contributed by atoms with van der Waals surface area (Å²) in [5, 5.41) is 3.03. The first-order valence-electron chi connectivity index (χ1n) is 10.3. The van der Waals surface area contributed by atoms with Gasteiger partial charge in [0.05, 0.1) is 33.5 Å². The molecule has 1 amide bonds. The van der Waals surface area contributed by atoms with Gasteiger partial charge in [0.1, 0.15) is 5.82 Å². The number of amides is 1. The minimum Gasteiger partial charge on any atom is -0.493 e. The number of rotatable bonds is 8. The highest BCUT2D eigenvalue weighted by Gasteiger charge is 2.24. The molecule has 0 saturated carbocycles. The van der Waals surface area contributed by atoms with Crippen molar-refractivity contribution in [1.82, 2.24) is 10.2 Å². The molecule has 3 rings (SSSR count). The van der Waals surface area contributed by atoms with Crippen LogP contribution in [0.15, 0.2) is 42.5 Å². The van der Waals surface area contributed by atoms with Crippen LogP contribution in [0.25, 0.3) is 6.08 Å². The molecule has 1 heterocycles. The van der Waals surface area contributed by atoms with Crippen molar-refractivity contribution in [2.24, 2.45) is 0 Å². The van der Waals surface area contributed by atoms with E-state index in [4.69, 9.17) is 14.2 Å². The number of halogens is 1. The maximum atomic E-state index is 13.4. The summed E-state index contributed by atoms with van der Waals surface area (Å²) in [5.74, 6) is 0.573. The van der Waals surface area contributed by atoms with Crippen LogP contribution in [0.5, 0.6) is 11.5 Å². The number of allylic oxidation sites excluding steroid dienone is 1. The summed E-state index contributed by atoms with van der Waals surface area (Å²) < 4.78 is 29.8. The summed E-state index contributed by atoms with van der Waals surface area (Å²) in [6.07, 6.45) is 3.75. The number of hydrogen-bond donors (Lipinski definition) is 1. The Morgan fingerprint density at radius 2 is 1.90 bits per heavy atom. The van der Waals surface area contributed by atoms with Crippen molar-refractivity contribution in [1.29, 1.82) is 0 Å². The predicted octanol–water partition coefficient (Wildman–Crippen LogP) is 3.68. The van der Waals surface area contributed by atoms with Crippen LogP contribution in [-0.4, -0.2) is 57.9 Å². The summed E-state index contributed by atoms with van der Waals surface area (Å²) >= 11 is 0. The van der Waals surface area contributed by atoms with E-state index in [1.54, 1.807) is 38.5 Å². The molecular weight excluding hydrogens is 399 g/mol. The number of hydrogen-bond acceptors (Lipinski definition) is 5. The molecular formula is C24H29FN2O4. The lowest BCUT2D eigenvalue weighted by atomic mass is 10.0. The normalized spacial score (nSPS) is 15.6. The number of nitrogens with zero attached hydrogens (tertiary/aromatic N) is 1. The van der Waals surface area contributed by atoms with Gasteiger partial charge >= 0.3 is 0 Å². The Morgan fingerprint density at radius 1 is 1.19 bits per heavy atom. The van der Waals surface area contributed by atoms with Crippen LogP contribution in [0.3, 0.4) is 0 Å². The van der Waals surface area contributed by atoms with Crippen molar-refractivity contribution in [3.05, 3.63) is 65.0 Å². The number of carbonyl (C=O) groups is 1. The Bertz CT molecular complexity index is 909. The SMILES string of the molecule is C/C=C/c1cc(C(=O)NCC(c2ccc(F)cc2)N2CCOCC2)cc(OC)c1OC. The minimum absolute atomic E-state index is 0.0800. The van der Waals surface area contributed by atoms with Crippen molar-refractivity contribution < 1.29 is 23.4 Å². The summed E-state index contributed by atoms with van der Waals surface area (Å²) in [4.78, 5) is 15.3. The highest BCUT2D eigenvalue weighted by atomic mass is 19.1. The molecule has 1 saturated heterocycles. The van der Waals surface area contributed by atoms with E-state index >= 15 is 0 Å². The van der Waals surface area contributed by atoms with Crippen molar-refractivity contribution in [2.45, 2.75) is 13.0 Å². The minimum atomic E-state index is -0.282. The first-order chi connectivity index (χ1) is 15.1. The highest BCUT2D eigenvalue weighted by molar-refractivity contribution is 5.96. The Morgan fingerprint density at radius 3 is 2.52 bits per heavy atom. The zero-order chi connectivity index (χ0) is 22.2. The van der Waals surface area contributed by atoms with Crippen molar-refractivity contribution in [2.75, 3.05) is 47.1 Å². The Labute approximate surface area is 182 Å². The third-order valence-electron chi connectivity index (χ3n) is 5.31. The second-order valence-electron chi connectivity index (χ2n) is 7.23. The lowest BCUT2D eigenvalue weighted by molar-refractivity contribution is 0.0162. The number of nitrogens with one attached hydrogen (secondary N) is 1. The van der Waals surface area contributed by atoms with Gasteiger partial charge in [-0.15, -0.1) is 0 Å². The van der Waals surface area contributed by atoms with E-state index in [9.17, 15) is 9.18 Å². The Kier molecular flexibility index (Phi) is 8.03. The van der Waals surface area contributed by atoms with Crippen LogP contribution in [0.2, 0.25) is 0 Å². The zero-order valence-electron chi connectivity index (χ0n) is 18.2. The maximum absolute atomic E-state index is 13.4. The van der Waals surface area contributed by atoms with Crippen LogP contribution in [0, 0.1) is 5.82 Å². The standard InChI is InChI=1S/C24H29FN2O4/c1-4-5-18-14-19(15-22(29-2)23(18)30-3)24(28)26-16-21(27-10-12-31-13-11-27)17-6-8-20(25)9-7-17/h4-9,14-15,21H,10-13,16H2,1-3H3,(H,26,28)/b5-4+. The molecule has 0 aromatic heterocycles. The topological polar surface area (TPSA) is 60.0 Å². The zero-order valence-corrected chi connectivity index (χ0v) is 18.2. The summed E-state index contributed by atoms with van der Waals surface area (Å²) in [6, 6.07) is 9.79. The maximum Gasteiger partial charge on any atom is 0.251 e. The smallest absolute Gasteiger partial charge is 0.251 e. The fourth-order valence-electron chi connectivity index (χ4n) is 3.75. The van der Waals surface area contributed by atoms with Gasteiger partial charge in [-0.1, -0.05) is 24.3 Å². The largest absolute Gasteiger partial charge is 0.493 e. The quantitative estimate of drug-likeness (QED) is 0.695. The average Bonchev–Trinajstić information content (AvgIpc) is 2.80. The van der Waals surface area contributed by atoms with Crippen LogP contribution in [0.4, 0.5) is 4.39 Å². The summed E-state index contributed by atoms with van der Waals surface area (Å²) in [5.41, 5.74) is 2.19. The number of methoxy groups -OCH3 is 2. The van der Waals surface area contributed by atoms with E-state index in [0.29, 0.717) is 36.8 Å². The summed E-state index contributed by atoms with van der Waals surface area (Å²) in [7, 11) is 3.11. The van der Waals surface area contributed by atoms with Crippen LogP contribution >= 0.6 is 0 Å². The second-order valence-corrected chi connectivity index (χ2v) is 7.23. The van der Waals surface area contributed by atoms with Gasteiger partial charge in [0.2, 0.25) is 0 Å². The number of carbonyl (C=O) groups excluding carboxylic acids is 1. The molecule has 166 valence electrons. The molecule has 1 aliphatic heterocycles. The van der Waals surface area contributed by atoms with Crippen molar-refractivity contribution >= 4 is 12.0 Å². The molecule has 1 atom stereocenters. The van der Waals surface area contributed by atoms with Gasteiger partial charge in [-0.2, -0.15) is 0 Å². The van der Waals surface area contributed by atoms with Crippen LogP contribution in [0.1, 0.15) is 34.5 Å². The molecule has 1 aliphatic rings. The van der Waals surface area contributed by atoms with Gasteiger partial charge < -0.3 is 19.5 Å². The van der Waals surface area contributed by atoms with Gasteiger partial charge in [-0.3, -0.25) is 9.69 Å². The van der Waals surface area contributed by atoms with Crippen molar-refractivity contribution in [3.8, 4) is 11.5 Å². The highest BCUT2D eigenvalue weighted by Crippen LogP contribution is 2.33. The molecule has 0 aliphatic carbocycles. The first-order valence-corrected chi connectivity index (χ1v) is 10.3. The van der Waals surface area contributed by atoms with Crippen molar-refractivity contribution in [3.63, 3.8) is 0 Å². The van der Waals surface area contributed by atoms with Crippen LogP contribution in [-0.2, 0) is 4.74 Å². The van der Waals surface area contributed by atoms with Gasteiger partial charge in [-0.25, -0.2) is 4.39 Å². The first kappa shape index (κ1) is 22.8. The van der Waals surface area contributed by atoms with E-state index in [0.717, 1.165) is 24.2 Å². The predicted molar refractivity (Wildman–Crippen MR) is 118 cm³/mol. The number of ether oxygens (including phenoxy) is 3. The van der Waals surface area contributed by atoms with Gasteiger partial charge in [0.25, 0.3) is 5.91 Å². The summed E-state index contributed by atoms with van der Waals surface area (Å²) in [6.45, 7) is 5.05. The molecule has 2 aromatic rings. The lowest BCUT2D eigenvalue weighted by Crippen LogP contribution is -2.43. The van der Waals surface area contributed by atoms with E-state index in [1.807, 2.05) is 19.1 Å². The Hall–Kier alpha value is -2.90. The number of morpholine rings is 1. The third kappa shape index (κ3) is 5.62. The van der Waals surface area contributed by atoms with Gasteiger partial charge in [0, 0.05) is 30.8 Å². The molecule has 31 heavy (non-hydrogen) atoms. The number of benzene rings is 2. The average molecular weight is 429 g/mol. The fourth-order valence-corrected chi connectivity index (χ4v) is 3.75. The molecule has 0 bridgehead atoms. The molecule has 7 heteroatoms. The van der Waals surface area contributed by atoms with Gasteiger partial charge in [-0.05, 0) is 36.8 Å². The van der Waals surface area contributed by atoms with Crippen LogP contribution < -0.4 is 14.8 Å². The Balaban J connectivity index is 1.81. The van der Waals surface area contributed by atoms with E-state index in [1.165, 1.54) is 12.1 Å². The molecule has 0 radical (unpaired) electrons. The van der Waals surface area contributed by atoms with E-state index < -0.39 is 0 Å². The second kappa shape index (κ2) is 10.9. The molecule has 2 aromatic carbocycles. The fraction of sp³-hybridized carbons (Fsp3) is 0.375. The molecule has 1 unspecified atom stereocenters. The van der Waals surface area contributed by atoms with E-state index in [2.05, 4.69) is 10.2 Å². The molecule has 1 fully saturated rings. The van der Waals surface area contributed by atoms with E-state index in [-0.39, 0.29) is 17.8 Å². The monoisotopic (exact) mass is 428 g/mol. The molecule has 0 spiro atoms. The molecule has 6 nitrogen and oxygen atoms in total.